The third-order valence-corrected chi connectivity index (χ3v) is 10.6. The van der Waals surface area contributed by atoms with Gasteiger partial charge >= 0.3 is 0 Å². The highest BCUT2D eigenvalue weighted by Gasteiger charge is 2.62. The lowest BCUT2D eigenvalue weighted by molar-refractivity contribution is -0.126. The van der Waals surface area contributed by atoms with Crippen LogP contribution in [0.5, 0.6) is 11.5 Å². The van der Waals surface area contributed by atoms with Crippen molar-refractivity contribution < 1.29 is 29.0 Å². The summed E-state index contributed by atoms with van der Waals surface area (Å²) < 4.78 is 6.03. The van der Waals surface area contributed by atoms with Crippen molar-refractivity contribution in [3.8, 4) is 11.5 Å². The lowest BCUT2D eigenvalue weighted by Crippen LogP contribution is -2.45. The zero-order chi connectivity index (χ0) is 32.6. The van der Waals surface area contributed by atoms with E-state index in [0.29, 0.717) is 30.0 Å². The van der Waals surface area contributed by atoms with Gasteiger partial charge in [-0.05, 0) is 77.9 Å². The fourth-order valence-corrected chi connectivity index (χ4v) is 8.44. The molecule has 3 aliphatic heterocycles. The van der Waals surface area contributed by atoms with E-state index in [1.807, 2.05) is 30.3 Å². The smallest absolute Gasteiger partial charge is 0.238 e. The van der Waals surface area contributed by atoms with Gasteiger partial charge in [0, 0.05) is 17.9 Å². The van der Waals surface area contributed by atoms with Crippen LogP contribution in [0.25, 0.3) is 12.2 Å². The van der Waals surface area contributed by atoms with Gasteiger partial charge < -0.3 is 9.84 Å². The number of ether oxygens (including phenoxy) is 1. The van der Waals surface area contributed by atoms with E-state index in [4.69, 9.17) is 4.74 Å². The van der Waals surface area contributed by atoms with Crippen molar-refractivity contribution in [3.05, 3.63) is 120 Å². The average molecular weight is 625 g/mol. The Morgan fingerprint density at radius 1 is 0.723 bits per heavy atom. The first-order valence-electron chi connectivity index (χ1n) is 15.9. The van der Waals surface area contributed by atoms with Gasteiger partial charge in [-0.1, -0.05) is 61.2 Å². The largest absolute Gasteiger partial charge is 0.508 e. The second-order valence-corrected chi connectivity index (χ2v) is 12.9. The molecule has 47 heavy (non-hydrogen) atoms. The quantitative estimate of drug-likeness (QED) is 0.273. The number of rotatable bonds is 5. The predicted molar refractivity (Wildman–Crippen MR) is 177 cm³/mol. The van der Waals surface area contributed by atoms with Gasteiger partial charge in [-0.15, -0.1) is 0 Å². The van der Waals surface area contributed by atoms with Gasteiger partial charge in [-0.25, -0.2) is 0 Å². The van der Waals surface area contributed by atoms with E-state index < -0.39 is 35.5 Å². The number of anilines is 2. The molecule has 3 fully saturated rings. The van der Waals surface area contributed by atoms with E-state index in [0.717, 1.165) is 27.8 Å². The summed E-state index contributed by atoms with van der Waals surface area (Å²) in [7, 11) is 0. The molecule has 8 nitrogen and oxygen atoms in total. The van der Waals surface area contributed by atoms with Gasteiger partial charge in [0.2, 0.25) is 23.6 Å². The van der Waals surface area contributed by atoms with Crippen LogP contribution in [-0.4, -0.2) is 28.7 Å². The minimum atomic E-state index is -0.705. The highest BCUT2D eigenvalue weighted by atomic mass is 16.5. The van der Waals surface area contributed by atoms with Crippen LogP contribution in [0.3, 0.4) is 0 Å². The van der Waals surface area contributed by atoms with Crippen LogP contribution < -0.4 is 14.5 Å². The summed E-state index contributed by atoms with van der Waals surface area (Å²) in [4.78, 5) is 59.3. The molecule has 0 spiro atoms. The zero-order valence-corrected chi connectivity index (χ0v) is 25.5. The molecule has 1 saturated carbocycles. The summed E-state index contributed by atoms with van der Waals surface area (Å²) in [5.41, 5.74) is 5.20. The Morgan fingerprint density at radius 3 is 1.94 bits per heavy atom. The van der Waals surface area contributed by atoms with Crippen molar-refractivity contribution in [2.24, 2.45) is 35.5 Å². The van der Waals surface area contributed by atoms with E-state index in [-0.39, 0.29) is 35.8 Å². The van der Waals surface area contributed by atoms with E-state index in [9.17, 15) is 24.3 Å². The SMILES string of the molecule is C=Cc1ccc(N2C(=O)C3CC=C4C(CC5C(=O)N(c6ccc(C=C)cc6)C(=O)C5C4C4=COc5ccc(O)cc5C4)C3C2=O)cc1. The first-order chi connectivity index (χ1) is 22.8. The number of carbonyl (C=O) groups is 4. The first-order valence-corrected chi connectivity index (χ1v) is 15.9. The lowest BCUT2D eigenvalue weighted by atomic mass is 9.56. The molecule has 2 saturated heterocycles. The maximum absolute atomic E-state index is 14.4. The third kappa shape index (κ3) is 4.35. The predicted octanol–water partition coefficient (Wildman–Crippen LogP) is 6.07. The van der Waals surface area contributed by atoms with E-state index in [1.165, 1.54) is 9.80 Å². The second-order valence-electron chi connectivity index (χ2n) is 12.9. The Morgan fingerprint density at radius 2 is 1.32 bits per heavy atom. The number of nitrogens with zero attached hydrogens (tertiary/aromatic N) is 2. The van der Waals surface area contributed by atoms with Crippen LogP contribution in [0.1, 0.15) is 29.5 Å². The zero-order valence-electron chi connectivity index (χ0n) is 25.5. The fourth-order valence-electron chi connectivity index (χ4n) is 8.44. The molecule has 5 aliphatic rings. The summed E-state index contributed by atoms with van der Waals surface area (Å²) in [6, 6.07) is 19.2. The maximum atomic E-state index is 14.4. The molecule has 6 atom stereocenters. The summed E-state index contributed by atoms with van der Waals surface area (Å²) in [6.45, 7) is 7.58. The van der Waals surface area contributed by atoms with Crippen LogP contribution in [0, 0.1) is 35.5 Å². The molecule has 6 unspecified atom stereocenters. The third-order valence-electron chi connectivity index (χ3n) is 10.6. The van der Waals surface area contributed by atoms with Crippen molar-refractivity contribution in [2.75, 3.05) is 9.80 Å². The number of aromatic hydroxyl groups is 1. The number of amides is 4. The van der Waals surface area contributed by atoms with Crippen LogP contribution in [0.4, 0.5) is 11.4 Å². The average Bonchev–Trinajstić information content (AvgIpc) is 3.50. The van der Waals surface area contributed by atoms with E-state index in [1.54, 1.807) is 60.9 Å². The minimum Gasteiger partial charge on any atom is -0.508 e. The van der Waals surface area contributed by atoms with Gasteiger partial charge in [0.05, 0.1) is 41.3 Å². The van der Waals surface area contributed by atoms with Crippen molar-refractivity contribution in [1.29, 1.82) is 0 Å². The molecule has 0 aromatic heterocycles. The maximum Gasteiger partial charge on any atom is 0.238 e. The van der Waals surface area contributed by atoms with Gasteiger partial charge in [0.15, 0.2) is 0 Å². The number of allylic oxidation sites excluding steroid dienone is 3. The number of hydrogen-bond donors (Lipinski definition) is 1. The molecule has 234 valence electrons. The summed E-state index contributed by atoms with van der Waals surface area (Å²) >= 11 is 0. The van der Waals surface area contributed by atoms with Crippen LogP contribution in [0.2, 0.25) is 0 Å². The molecular formula is C39H32N2O6. The molecule has 0 radical (unpaired) electrons. The summed E-state index contributed by atoms with van der Waals surface area (Å²) in [5, 5.41) is 10.2. The number of phenolic OH excluding ortho intramolecular Hbond substituents is 1. The van der Waals surface area contributed by atoms with E-state index in [2.05, 4.69) is 13.2 Å². The number of hydrogen-bond acceptors (Lipinski definition) is 6. The fraction of sp³-hybridized carbons (Fsp3) is 0.231. The standard InChI is InChI=1S/C39H32N2O6/c1-3-21-5-9-25(10-6-21)40-36(43)29-15-14-28-30(34(29)38(40)45)19-31-35(33(28)24-17-23-18-27(42)13-16-32(23)47-20-24)39(46)41(37(31)44)26-11-7-22(4-2)8-12-26/h3-14,16,18,20,29-31,33-35,42H,1-2,15,17,19H2. The van der Waals surface area contributed by atoms with Gasteiger partial charge in [0.1, 0.15) is 11.5 Å². The summed E-state index contributed by atoms with van der Waals surface area (Å²) in [5.74, 6) is -3.96. The molecule has 0 bridgehead atoms. The van der Waals surface area contributed by atoms with E-state index >= 15 is 0 Å². The number of imide groups is 2. The lowest BCUT2D eigenvalue weighted by Gasteiger charge is -2.45. The second kappa shape index (κ2) is 10.8. The monoisotopic (exact) mass is 624 g/mol. The molecule has 3 aromatic carbocycles. The molecule has 8 rings (SSSR count). The molecule has 3 aromatic rings. The molecule has 8 heteroatoms. The molecule has 3 heterocycles. The summed E-state index contributed by atoms with van der Waals surface area (Å²) in [6.07, 6.45) is 8.13. The first kappa shape index (κ1) is 28.9. The van der Waals surface area contributed by atoms with Crippen LogP contribution in [-0.2, 0) is 25.6 Å². The van der Waals surface area contributed by atoms with Crippen LogP contribution >= 0.6 is 0 Å². The Labute approximate surface area is 271 Å². The number of fused-ring (bicyclic) bond motifs is 5. The minimum absolute atomic E-state index is 0.102. The highest BCUT2D eigenvalue weighted by molar-refractivity contribution is 6.24. The normalized spacial score (nSPS) is 27.7. The van der Waals surface area contributed by atoms with Gasteiger partial charge in [0.25, 0.3) is 0 Å². The van der Waals surface area contributed by atoms with Crippen molar-refractivity contribution in [1.82, 2.24) is 0 Å². The molecule has 4 amide bonds. The Kier molecular flexibility index (Phi) is 6.65. The van der Waals surface area contributed by atoms with Gasteiger partial charge in [-0.2, -0.15) is 0 Å². The van der Waals surface area contributed by atoms with Crippen molar-refractivity contribution in [2.45, 2.75) is 19.3 Å². The Hall–Kier alpha value is -5.50. The van der Waals surface area contributed by atoms with Crippen LogP contribution in [0.15, 0.2) is 103 Å². The number of phenols is 1. The highest BCUT2D eigenvalue weighted by Crippen LogP contribution is 2.58. The Balaban J connectivity index is 1.21. The van der Waals surface area contributed by atoms with Crippen molar-refractivity contribution in [3.63, 3.8) is 0 Å². The molecule has 1 N–H and O–H groups in total. The number of benzene rings is 3. The Bertz CT molecular complexity index is 1960. The molecule has 2 aliphatic carbocycles. The topological polar surface area (TPSA) is 104 Å². The molecular weight excluding hydrogens is 592 g/mol. The number of carbonyl (C=O) groups excluding carboxylic acids is 4. The van der Waals surface area contributed by atoms with Crippen molar-refractivity contribution >= 4 is 47.2 Å². The van der Waals surface area contributed by atoms with Gasteiger partial charge in [-0.3, -0.25) is 29.0 Å².